The van der Waals surface area contributed by atoms with Gasteiger partial charge >= 0.3 is 5.97 Å². The lowest BCUT2D eigenvalue weighted by atomic mass is 10.1. The number of ether oxygens (including phenoxy) is 1. The van der Waals surface area contributed by atoms with Crippen molar-refractivity contribution in [2.45, 2.75) is 17.9 Å². The SMILES string of the molecule is NC(=O)c1ccc(COC(=O)CCS(=O)(=O)c2ccc(F)cc2)cc1. The van der Waals surface area contributed by atoms with Crippen molar-refractivity contribution in [1.82, 2.24) is 0 Å². The van der Waals surface area contributed by atoms with Crippen molar-refractivity contribution >= 4 is 21.7 Å². The Labute approximate surface area is 144 Å². The maximum Gasteiger partial charge on any atom is 0.307 e. The molecule has 25 heavy (non-hydrogen) atoms. The molecule has 0 aliphatic heterocycles. The van der Waals surface area contributed by atoms with E-state index in [9.17, 15) is 22.4 Å². The first kappa shape index (κ1) is 18.6. The van der Waals surface area contributed by atoms with Crippen molar-refractivity contribution in [3.63, 3.8) is 0 Å². The molecule has 2 rings (SSSR count). The van der Waals surface area contributed by atoms with Crippen LogP contribution in [0.1, 0.15) is 22.3 Å². The summed E-state index contributed by atoms with van der Waals surface area (Å²) in [5.74, 6) is -2.21. The van der Waals surface area contributed by atoms with Gasteiger partial charge in [0.05, 0.1) is 17.1 Å². The fraction of sp³-hybridized carbons (Fsp3) is 0.176. The van der Waals surface area contributed by atoms with Crippen molar-refractivity contribution in [3.8, 4) is 0 Å². The summed E-state index contributed by atoms with van der Waals surface area (Å²) in [7, 11) is -3.69. The van der Waals surface area contributed by atoms with Gasteiger partial charge in [-0.2, -0.15) is 0 Å². The number of halogens is 1. The van der Waals surface area contributed by atoms with Crippen LogP contribution in [0.5, 0.6) is 0 Å². The molecule has 0 unspecified atom stereocenters. The fourth-order valence-corrected chi connectivity index (χ4v) is 3.20. The zero-order valence-corrected chi connectivity index (χ0v) is 14.0. The van der Waals surface area contributed by atoms with E-state index in [-0.39, 0.29) is 17.9 Å². The number of carbonyl (C=O) groups is 2. The first-order chi connectivity index (χ1) is 11.8. The Bertz CT molecular complexity index is 861. The average Bonchev–Trinajstić information content (AvgIpc) is 2.59. The molecule has 2 aromatic rings. The van der Waals surface area contributed by atoms with Gasteiger partial charge in [-0.1, -0.05) is 12.1 Å². The van der Waals surface area contributed by atoms with E-state index in [1.807, 2.05) is 0 Å². The highest BCUT2D eigenvalue weighted by Crippen LogP contribution is 2.13. The first-order valence-corrected chi connectivity index (χ1v) is 8.96. The minimum atomic E-state index is -3.69. The van der Waals surface area contributed by atoms with E-state index in [1.165, 1.54) is 12.1 Å². The van der Waals surface area contributed by atoms with Crippen molar-refractivity contribution < 1.29 is 27.1 Å². The van der Waals surface area contributed by atoms with Crippen LogP contribution >= 0.6 is 0 Å². The van der Waals surface area contributed by atoms with Crippen molar-refractivity contribution in [1.29, 1.82) is 0 Å². The second-order valence-corrected chi connectivity index (χ2v) is 7.35. The van der Waals surface area contributed by atoms with Gasteiger partial charge in [0.25, 0.3) is 0 Å². The molecule has 6 nitrogen and oxygen atoms in total. The summed E-state index contributed by atoms with van der Waals surface area (Å²) in [6.07, 6.45) is -0.320. The number of hydrogen-bond donors (Lipinski definition) is 1. The molecule has 0 radical (unpaired) electrons. The van der Waals surface area contributed by atoms with Gasteiger partial charge < -0.3 is 10.5 Å². The Balaban J connectivity index is 1.85. The average molecular weight is 365 g/mol. The Hall–Kier alpha value is -2.74. The third-order valence-electron chi connectivity index (χ3n) is 3.39. The van der Waals surface area contributed by atoms with Gasteiger partial charge in [0.15, 0.2) is 9.84 Å². The molecule has 0 bridgehead atoms. The number of primary amides is 1. The molecule has 2 N–H and O–H groups in total. The van der Waals surface area contributed by atoms with Crippen LogP contribution < -0.4 is 5.73 Å². The van der Waals surface area contributed by atoms with Crippen molar-refractivity contribution in [3.05, 3.63) is 65.5 Å². The van der Waals surface area contributed by atoms with Crippen molar-refractivity contribution in [2.75, 3.05) is 5.75 Å². The summed E-state index contributed by atoms with van der Waals surface area (Å²) < 4.78 is 41.9. The molecule has 0 aliphatic carbocycles. The summed E-state index contributed by atoms with van der Waals surface area (Å²) in [5.41, 5.74) is 6.09. The molecule has 0 saturated heterocycles. The first-order valence-electron chi connectivity index (χ1n) is 7.30. The maximum atomic E-state index is 12.8. The molecule has 0 atom stereocenters. The Morgan fingerprint density at radius 2 is 1.60 bits per heavy atom. The molecular formula is C17H16FNO5S. The summed E-state index contributed by atoms with van der Waals surface area (Å²) in [6.45, 7) is -0.0472. The molecule has 8 heteroatoms. The van der Waals surface area contributed by atoms with Crippen LogP contribution in [-0.4, -0.2) is 26.0 Å². The molecule has 0 saturated carbocycles. The van der Waals surface area contributed by atoms with Crippen LogP contribution in [0.3, 0.4) is 0 Å². The van der Waals surface area contributed by atoms with E-state index >= 15 is 0 Å². The van der Waals surface area contributed by atoms with Gasteiger partial charge in [0.1, 0.15) is 12.4 Å². The minimum absolute atomic E-state index is 0.0472. The lowest BCUT2D eigenvalue weighted by Gasteiger charge is -2.07. The van der Waals surface area contributed by atoms with E-state index in [1.54, 1.807) is 12.1 Å². The number of rotatable bonds is 7. The highest BCUT2D eigenvalue weighted by Gasteiger charge is 2.17. The summed E-state index contributed by atoms with van der Waals surface area (Å²) >= 11 is 0. The number of sulfone groups is 1. The summed E-state index contributed by atoms with van der Waals surface area (Å²) in [4.78, 5) is 22.6. The largest absolute Gasteiger partial charge is 0.461 e. The maximum absolute atomic E-state index is 12.8. The van der Waals surface area contributed by atoms with E-state index in [4.69, 9.17) is 10.5 Å². The highest BCUT2D eigenvalue weighted by molar-refractivity contribution is 7.91. The van der Waals surface area contributed by atoms with Crippen LogP contribution in [0.25, 0.3) is 0 Å². The fourth-order valence-electron chi connectivity index (χ4n) is 1.98. The van der Waals surface area contributed by atoms with Gasteiger partial charge in [-0.15, -0.1) is 0 Å². The molecule has 0 aromatic heterocycles. The van der Waals surface area contributed by atoms with Gasteiger partial charge in [-0.25, -0.2) is 12.8 Å². The monoisotopic (exact) mass is 365 g/mol. The predicted molar refractivity (Wildman–Crippen MR) is 87.8 cm³/mol. The summed E-state index contributed by atoms with van der Waals surface area (Å²) in [5, 5.41) is 0. The molecule has 0 heterocycles. The van der Waals surface area contributed by atoms with Crippen LogP contribution in [0.4, 0.5) is 4.39 Å². The zero-order chi connectivity index (χ0) is 18.4. The highest BCUT2D eigenvalue weighted by atomic mass is 32.2. The molecule has 0 aliphatic rings. The van der Waals surface area contributed by atoms with Crippen LogP contribution in [0, 0.1) is 5.82 Å². The van der Waals surface area contributed by atoms with Crippen LogP contribution in [-0.2, 0) is 26.0 Å². The van der Waals surface area contributed by atoms with Gasteiger partial charge in [-0.3, -0.25) is 9.59 Å². The smallest absolute Gasteiger partial charge is 0.307 e. The molecule has 0 fully saturated rings. The number of hydrogen-bond acceptors (Lipinski definition) is 5. The number of amides is 1. The number of carbonyl (C=O) groups excluding carboxylic acids is 2. The number of benzene rings is 2. The summed E-state index contributed by atoms with van der Waals surface area (Å²) in [6, 6.07) is 10.6. The molecule has 1 amide bonds. The molecule has 132 valence electrons. The molecular weight excluding hydrogens is 349 g/mol. The van der Waals surface area contributed by atoms with Crippen molar-refractivity contribution in [2.24, 2.45) is 5.73 Å². The second-order valence-electron chi connectivity index (χ2n) is 5.24. The Kier molecular flexibility index (Phi) is 5.87. The third kappa shape index (κ3) is 5.39. The topological polar surface area (TPSA) is 104 Å². The Morgan fingerprint density at radius 3 is 2.16 bits per heavy atom. The minimum Gasteiger partial charge on any atom is -0.461 e. The molecule has 2 aromatic carbocycles. The predicted octanol–water partition coefficient (Wildman–Crippen LogP) is 1.83. The zero-order valence-electron chi connectivity index (χ0n) is 13.1. The lowest BCUT2D eigenvalue weighted by molar-refractivity contribution is -0.144. The Morgan fingerprint density at radius 1 is 1.00 bits per heavy atom. The van der Waals surface area contributed by atoms with E-state index in [2.05, 4.69) is 0 Å². The van der Waals surface area contributed by atoms with Crippen LogP contribution in [0.15, 0.2) is 53.4 Å². The van der Waals surface area contributed by atoms with Gasteiger partial charge in [-0.05, 0) is 42.0 Å². The number of esters is 1. The van der Waals surface area contributed by atoms with E-state index in [0.29, 0.717) is 11.1 Å². The van der Waals surface area contributed by atoms with E-state index in [0.717, 1.165) is 24.3 Å². The lowest BCUT2D eigenvalue weighted by Crippen LogP contribution is -2.14. The van der Waals surface area contributed by atoms with Gasteiger partial charge in [0, 0.05) is 5.56 Å². The number of nitrogens with two attached hydrogens (primary N) is 1. The second kappa shape index (κ2) is 7.89. The van der Waals surface area contributed by atoms with E-state index < -0.39 is 33.3 Å². The van der Waals surface area contributed by atoms with Crippen LogP contribution in [0.2, 0.25) is 0 Å². The van der Waals surface area contributed by atoms with Gasteiger partial charge in [0.2, 0.25) is 5.91 Å². The molecule has 0 spiro atoms. The quantitative estimate of drug-likeness (QED) is 0.595. The normalized spacial score (nSPS) is 11.1. The standard InChI is InChI=1S/C17H16FNO5S/c18-14-5-7-15(8-6-14)25(22,23)10-9-16(20)24-11-12-1-3-13(4-2-12)17(19)21/h1-8H,9-11H2,(H2,19,21). The third-order valence-corrected chi connectivity index (χ3v) is 5.12.